The van der Waals surface area contributed by atoms with E-state index in [1.54, 1.807) is 36.4 Å². The molecule has 7 nitrogen and oxygen atoms in total. The first-order valence-corrected chi connectivity index (χ1v) is 12.2. The van der Waals surface area contributed by atoms with Crippen molar-refractivity contribution in [3.8, 4) is 5.75 Å². The molecule has 4 rings (SSSR count). The summed E-state index contributed by atoms with van der Waals surface area (Å²) in [5.74, 6) is -0.223. The summed E-state index contributed by atoms with van der Waals surface area (Å²) >= 11 is 0. The number of benzene rings is 2. The predicted octanol–water partition coefficient (Wildman–Crippen LogP) is 4.57. The number of halogens is 3. The molecule has 1 fully saturated rings. The fourth-order valence-electron chi connectivity index (χ4n) is 4.69. The van der Waals surface area contributed by atoms with E-state index in [0.29, 0.717) is 17.2 Å². The summed E-state index contributed by atoms with van der Waals surface area (Å²) in [7, 11) is 2.08. The summed E-state index contributed by atoms with van der Waals surface area (Å²) < 4.78 is 41.1. The molecule has 0 spiro atoms. The summed E-state index contributed by atoms with van der Waals surface area (Å²) in [6, 6.07) is 12.3. The van der Waals surface area contributed by atoms with Crippen molar-refractivity contribution >= 4 is 17.5 Å². The maximum atomic E-state index is 13.7. The van der Waals surface area contributed by atoms with E-state index in [2.05, 4.69) is 27.2 Å². The summed E-state index contributed by atoms with van der Waals surface area (Å²) in [6.45, 7) is 1.97. The molecule has 0 aliphatic carbocycles. The average molecular weight is 514 g/mol. The molecule has 37 heavy (non-hydrogen) atoms. The van der Waals surface area contributed by atoms with Gasteiger partial charge in [-0.3, -0.25) is 4.79 Å². The molecule has 3 aromatic rings. The largest absolute Gasteiger partial charge is 0.506 e. The van der Waals surface area contributed by atoms with Gasteiger partial charge >= 0.3 is 6.18 Å². The Morgan fingerprint density at radius 3 is 2.49 bits per heavy atom. The number of rotatable bonds is 8. The van der Waals surface area contributed by atoms with Gasteiger partial charge in [-0.1, -0.05) is 30.3 Å². The van der Waals surface area contributed by atoms with Crippen molar-refractivity contribution < 1.29 is 23.1 Å². The number of aryl methyl sites for hydroxylation is 2. The van der Waals surface area contributed by atoms with E-state index >= 15 is 0 Å². The number of alkyl halides is 3. The van der Waals surface area contributed by atoms with Gasteiger partial charge in [-0.15, -0.1) is 0 Å². The third-order valence-corrected chi connectivity index (χ3v) is 6.75. The van der Waals surface area contributed by atoms with Crippen molar-refractivity contribution in [3.63, 3.8) is 0 Å². The third kappa shape index (κ3) is 6.76. The first-order valence-electron chi connectivity index (χ1n) is 12.2. The zero-order valence-electron chi connectivity index (χ0n) is 20.6. The molecule has 0 unspecified atom stereocenters. The lowest BCUT2D eigenvalue weighted by Gasteiger charge is -2.29. The number of piperidine rings is 1. The molecule has 2 aromatic carbocycles. The number of aromatic hydroxyl groups is 1. The summed E-state index contributed by atoms with van der Waals surface area (Å²) in [5, 5.41) is 13.5. The topological polar surface area (TPSA) is 104 Å². The number of nitrogens with one attached hydrogen (secondary N) is 1. The van der Waals surface area contributed by atoms with E-state index in [1.807, 2.05) is 6.07 Å². The third-order valence-electron chi connectivity index (χ3n) is 6.75. The number of phenolic OH excluding ortho intramolecular Hbond substituents is 1. The Hall–Kier alpha value is -3.66. The molecule has 0 bridgehead atoms. The first-order chi connectivity index (χ1) is 17.6. The normalized spacial score (nSPS) is 15.0. The van der Waals surface area contributed by atoms with E-state index < -0.39 is 17.6 Å². The molecule has 1 saturated heterocycles. The molecular weight excluding hydrogens is 483 g/mol. The van der Waals surface area contributed by atoms with Gasteiger partial charge in [0.25, 0.3) is 0 Å². The van der Waals surface area contributed by atoms with Crippen LogP contribution in [0.4, 0.5) is 24.8 Å². The van der Waals surface area contributed by atoms with Crippen LogP contribution in [0.1, 0.15) is 46.7 Å². The van der Waals surface area contributed by atoms with Gasteiger partial charge in [-0.2, -0.15) is 13.2 Å². The van der Waals surface area contributed by atoms with Crippen molar-refractivity contribution in [2.24, 2.45) is 5.73 Å². The molecular formula is C27H30F3N5O2. The Kier molecular flexibility index (Phi) is 7.97. The monoisotopic (exact) mass is 513 g/mol. The lowest BCUT2D eigenvalue weighted by atomic mass is 9.89. The fraction of sp³-hybridized carbons (Fsp3) is 0.370. The molecule has 196 valence electrons. The van der Waals surface area contributed by atoms with E-state index in [9.17, 15) is 23.1 Å². The van der Waals surface area contributed by atoms with Crippen molar-refractivity contribution in [1.82, 2.24) is 14.9 Å². The maximum absolute atomic E-state index is 13.7. The van der Waals surface area contributed by atoms with Crippen LogP contribution in [0, 0.1) is 0 Å². The second-order valence-electron chi connectivity index (χ2n) is 9.44. The van der Waals surface area contributed by atoms with Gasteiger partial charge in [0, 0.05) is 6.20 Å². The number of amides is 1. The molecule has 2 heterocycles. The van der Waals surface area contributed by atoms with Crippen LogP contribution in [-0.2, 0) is 30.2 Å². The van der Waals surface area contributed by atoms with E-state index in [1.165, 1.54) is 0 Å². The zero-order valence-corrected chi connectivity index (χ0v) is 20.6. The van der Waals surface area contributed by atoms with Crippen LogP contribution in [-0.4, -0.2) is 46.0 Å². The lowest BCUT2D eigenvalue weighted by Crippen LogP contribution is -2.29. The Balaban J connectivity index is 1.54. The van der Waals surface area contributed by atoms with Crippen LogP contribution in [0.25, 0.3) is 0 Å². The van der Waals surface area contributed by atoms with Crippen LogP contribution in [0.3, 0.4) is 0 Å². The molecule has 1 aromatic heterocycles. The van der Waals surface area contributed by atoms with Gasteiger partial charge in [-0.05, 0) is 80.6 Å². The molecule has 1 aliphatic rings. The number of primary amides is 1. The number of phenols is 1. The predicted molar refractivity (Wildman–Crippen MR) is 135 cm³/mol. The number of carbonyl (C=O) groups excluding carboxylic acids is 1. The van der Waals surface area contributed by atoms with Crippen molar-refractivity contribution in [3.05, 3.63) is 76.6 Å². The van der Waals surface area contributed by atoms with Crippen LogP contribution in [0.15, 0.2) is 48.7 Å². The van der Waals surface area contributed by atoms with Gasteiger partial charge in [-0.25, -0.2) is 9.97 Å². The van der Waals surface area contributed by atoms with Crippen molar-refractivity contribution in [2.75, 3.05) is 25.5 Å². The fourth-order valence-corrected chi connectivity index (χ4v) is 4.69. The van der Waals surface area contributed by atoms with Gasteiger partial charge in [0.05, 0.1) is 23.4 Å². The van der Waals surface area contributed by atoms with Crippen LogP contribution in [0.2, 0.25) is 0 Å². The van der Waals surface area contributed by atoms with Crippen molar-refractivity contribution in [2.45, 2.75) is 44.2 Å². The second kappa shape index (κ2) is 11.2. The quantitative estimate of drug-likeness (QED) is 0.382. The van der Waals surface area contributed by atoms with E-state index in [-0.39, 0.29) is 36.7 Å². The number of hydrogen-bond acceptors (Lipinski definition) is 6. The SMILES string of the molecule is CN1CCC(c2ccc(Nc3ncc(C(F)(F)F)c(CCc4ccccc4CC(N)=O)n3)c(O)c2)CC1. The molecule has 4 N–H and O–H groups in total. The van der Waals surface area contributed by atoms with Crippen LogP contribution in [0.5, 0.6) is 5.75 Å². The molecule has 1 amide bonds. The Labute approximate surface area is 213 Å². The molecule has 0 saturated carbocycles. The van der Waals surface area contributed by atoms with E-state index in [4.69, 9.17) is 5.73 Å². The molecule has 10 heteroatoms. The lowest BCUT2D eigenvalue weighted by molar-refractivity contribution is -0.138. The highest BCUT2D eigenvalue weighted by Crippen LogP contribution is 2.35. The molecule has 0 radical (unpaired) electrons. The van der Waals surface area contributed by atoms with Gasteiger partial charge < -0.3 is 21.1 Å². The van der Waals surface area contributed by atoms with Crippen molar-refractivity contribution in [1.29, 1.82) is 0 Å². The highest BCUT2D eigenvalue weighted by molar-refractivity contribution is 5.77. The Morgan fingerprint density at radius 2 is 1.84 bits per heavy atom. The standard InChI is InChI=1S/C27H30F3N5O2/c1-35-12-10-18(11-13-35)20-7-9-23(24(36)14-20)34-26-32-16-21(27(28,29)30)22(33-26)8-6-17-4-2-3-5-19(17)15-25(31)37/h2-5,7,9,14,16,18,36H,6,8,10-13,15H2,1H3,(H2,31,37)(H,32,33,34). The summed E-state index contributed by atoms with van der Waals surface area (Å²) in [5.41, 5.74) is 6.94. The minimum absolute atomic E-state index is 0.00567. The van der Waals surface area contributed by atoms with Crippen LogP contribution < -0.4 is 11.1 Å². The number of hydrogen-bond donors (Lipinski definition) is 3. The Morgan fingerprint density at radius 1 is 1.14 bits per heavy atom. The van der Waals surface area contributed by atoms with Gasteiger partial charge in [0.1, 0.15) is 5.75 Å². The molecule has 1 aliphatic heterocycles. The number of aromatic nitrogens is 2. The average Bonchev–Trinajstić information content (AvgIpc) is 2.84. The minimum atomic E-state index is -4.63. The number of anilines is 2. The second-order valence-corrected chi connectivity index (χ2v) is 9.44. The van der Waals surface area contributed by atoms with Crippen LogP contribution >= 0.6 is 0 Å². The van der Waals surface area contributed by atoms with Gasteiger partial charge in [0.2, 0.25) is 11.9 Å². The number of nitrogens with two attached hydrogens (primary N) is 1. The number of likely N-dealkylation sites (tertiary alicyclic amines) is 1. The number of nitrogens with zero attached hydrogens (tertiary/aromatic N) is 3. The zero-order chi connectivity index (χ0) is 26.6. The first kappa shape index (κ1) is 26.4. The van der Waals surface area contributed by atoms with E-state index in [0.717, 1.165) is 43.3 Å². The summed E-state index contributed by atoms with van der Waals surface area (Å²) in [6.07, 6.45) is -1.66. The minimum Gasteiger partial charge on any atom is -0.506 e. The smallest absolute Gasteiger partial charge is 0.419 e. The highest BCUT2D eigenvalue weighted by Gasteiger charge is 2.35. The maximum Gasteiger partial charge on any atom is 0.419 e. The van der Waals surface area contributed by atoms with Gasteiger partial charge in [0.15, 0.2) is 0 Å². The highest BCUT2D eigenvalue weighted by atomic mass is 19.4. The summed E-state index contributed by atoms with van der Waals surface area (Å²) in [4.78, 5) is 21.6. The molecule has 0 atom stereocenters. The Bertz CT molecular complexity index is 1260. The number of carbonyl (C=O) groups is 1.